The third kappa shape index (κ3) is 58.6. The summed E-state index contributed by atoms with van der Waals surface area (Å²) in [5, 5.41) is 0. The Labute approximate surface area is 357 Å². The number of rotatable bonds is 36. The van der Waals surface area contributed by atoms with Crippen LogP contribution in [0.5, 0.6) is 0 Å². The van der Waals surface area contributed by atoms with Crippen LogP contribution in [0.2, 0.25) is 0 Å². The van der Waals surface area contributed by atoms with Crippen molar-refractivity contribution in [3.63, 3.8) is 0 Å². The monoisotopic (exact) mass is 871 g/mol. The second-order valence-corrected chi connectivity index (χ2v) is 28.2. The number of hydrogen-bond acceptors (Lipinski definition) is 0. The van der Waals surface area contributed by atoms with Gasteiger partial charge in [-0.05, 0) is 77.0 Å². The van der Waals surface area contributed by atoms with E-state index < -0.39 is 0 Å². The maximum absolute atomic E-state index is 2.32. The van der Waals surface area contributed by atoms with Crippen molar-refractivity contribution in [2.75, 3.05) is 73.9 Å². The van der Waals surface area contributed by atoms with Crippen LogP contribution in [0.3, 0.4) is 0 Å². The minimum atomic E-state index is 0. The Morgan fingerprint density at radius 1 is 0.170 bits per heavy atom. The largest absolute Gasteiger partial charge is 0.0652 e. The van der Waals surface area contributed by atoms with Crippen molar-refractivity contribution in [3.05, 3.63) is 0 Å². The van der Waals surface area contributed by atoms with E-state index in [0.29, 0.717) is 0 Å². The molecule has 0 aromatic carbocycles. The zero-order valence-corrected chi connectivity index (χ0v) is 44.8. The van der Waals surface area contributed by atoms with Gasteiger partial charge < -0.3 is 0 Å². The second-order valence-electron chi connectivity index (χ2n) is 16.2. The molecule has 0 saturated heterocycles. The molecule has 0 bridgehead atoms. The Balaban J connectivity index is -0.000000192. The van der Waals surface area contributed by atoms with E-state index in [1.54, 1.807) is 73.9 Å². The molecule has 0 aliphatic carbocycles. The molecule has 0 aliphatic heterocycles. The maximum Gasteiger partial charge on any atom is 0.0571 e. The first-order chi connectivity index (χ1) is 25.4. The molecule has 0 aromatic heterocycles. The average molecular weight is 872 g/mol. The van der Waals surface area contributed by atoms with Crippen molar-refractivity contribution in [1.29, 1.82) is 0 Å². The Hall–Kier alpha value is 2.21. The standard InChI is InChI=1S/4C12H27P.Ni/c4*1-4-7-10-13(11-8-5-2)12-9-6-3;/h4*4-12H2,1-3H3;/p+4. The summed E-state index contributed by atoms with van der Waals surface area (Å²) in [6, 6.07) is 0. The van der Waals surface area contributed by atoms with Gasteiger partial charge in [0.1, 0.15) is 0 Å². The van der Waals surface area contributed by atoms with Gasteiger partial charge in [0.05, 0.1) is 73.9 Å². The number of unbranched alkanes of at least 4 members (excludes halogenated alkanes) is 12. The fourth-order valence-electron chi connectivity index (χ4n) is 6.62. The predicted octanol–water partition coefficient (Wildman–Crippen LogP) is 18.4. The predicted molar refractivity (Wildman–Crippen MR) is 271 cm³/mol. The van der Waals surface area contributed by atoms with Crippen molar-refractivity contribution >= 4 is 31.7 Å². The molecule has 0 aromatic rings. The molecule has 0 radical (unpaired) electrons. The zero-order chi connectivity index (χ0) is 39.8. The number of hydrogen-bond donors (Lipinski definition) is 0. The van der Waals surface area contributed by atoms with Gasteiger partial charge >= 0.3 is 0 Å². The SMILES string of the molecule is CCCC[PH+](CCCC)CCCC.CCCC[PH+](CCCC)CCCC.CCCC[PH+](CCCC)CCCC.CCCC[PH+](CCCC)CCCC.[Ni]. The molecule has 0 fully saturated rings. The van der Waals surface area contributed by atoms with E-state index in [2.05, 4.69) is 83.1 Å². The molecule has 0 N–H and O–H groups in total. The van der Waals surface area contributed by atoms with Crippen LogP contribution in [0.4, 0.5) is 0 Å². The van der Waals surface area contributed by atoms with Gasteiger partial charge in [-0.3, -0.25) is 0 Å². The first-order valence-electron chi connectivity index (χ1n) is 24.7. The average Bonchev–Trinajstić information content (AvgIpc) is 3.17. The minimum Gasteiger partial charge on any atom is -0.0652 e. The molecular weight excluding hydrogens is 759 g/mol. The van der Waals surface area contributed by atoms with Crippen LogP contribution in [0.15, 0.2) is 0 Å². The third-order valence-corrected chi connectivity index (χ3v) is 23.3. The van der Waals surface area contributed by atoms with Gasteiger partial charge in [-0.2, -0.15) is 0 Å². The van der Waals surface area contributed by atoms with Gasteiger partial charge in [-0.1, -0.05) is 160 Å². The van der Waals surface area contributed by atoms with Crippen molar-refractivity contribution < 1.29 is 16.5 Å². The molecule has 0 heterocycles. The first-order valence-corrected chi connectivity index (χ1v) is 33.2. The first kappa shape index (κ1) is 64.4. The molecule has 330 valence electrons. The van der Waals surface area contributed by atoms with Crippen LogP contribution in [0.25, 0.3) is 0 Å². The molecule has 0 nitrogen and oxygen atoms in total. The zero-order valence-electron chi connectivity index (χ0n) is 39.8. The molecule has 0 rings (SSSR count). The van der Waals surface area contributed by atoms with Crippen molar-refractivity contribution in [1.82, 2.24) is 0 Å². The molecule has 0 amide bonds. The third-order valence-electron chi connectivity index (χ3n) is 10.6. The Bertz CT molecular complexity index is 392. The minimum absolute atomic E-state index is 0. The molecule has 5 heteroatoms. The van der Waals surface area contributed by atoms with Gasteiger partial charge in [0, 0.05) is 48.2 Å². The van der Waals surface area contributed by atoms with E-state index in [4.69, 9.17) is 0 Å². The van der Waals surface area contributed by atoms with Crippen LogP contribution in [0.1, 0.15) is 237 Å². The van der Waals surface area contributed by atoms with Crippen molar-refractivity contribution in [3.8, 4) is 0 Å². The summed E-state index contributed by atoms with van der Waals surface area (Å²) in [7, 11) is 0.270. The Kier molecular flexibility index (Phi) is 73.9. The van der Waals surface area contributed by atoms with Gasteiger partial charge in [-0.15, -0.1) is 0 Å². The fourth-order valence-corrected chi connectivity index (χ4v) is 19.9. The Morgan fingerprint density at radius 3 is 0.302 bits per heavy atom. The van der Waals surface area contributed by atoms with E-state index in [1.165, 1.54) is 154 Å². The van der Waals surface area contributed by atoms with Crippen LogP contribution in [-0.2, 0) is 16.5 Å². The van der Waals surface area contributed by atoms with E-state index in [0.717, 1.165) is 0 Å². The van der Waals surface area contributed by atoms with Gasteiger partial charge in [0.25, 0.3) is 0 Å². The van der Waals surface area contributed by atoms with E-state index in [9.17, 15) is 0 Å². The Morgan fingerprint density at radius 2 is 0.245 bits per heavy atom. The summed E-state index contributed by atoms with van der Waals surface area (Å²) < 4.78 is 0. The molecule has 0 atom stereocenters. The summed E-state index contributed by atoms with van der Waals surface area (Å²) in [6.45, 7) is 27.8. The van der Waals surface area contributed by atoms with Crippen molar-refractivity contribution in [2.24, 2.45) is 0 Å². The topological polar surface area (TPSA) is 0 Å². The van der Waals surface area contributed by atoms with E-state index in [-0.39, 0.29) is 48.2 Å². The van der Waals surface area contributed by atoms with Gasteiger partial charge in [0.2, 0.25) is 0 Å². The second kappa shape index (κ2) is 60.9. The van der Waals surface area contributed by atoms with Gasteiger partial charge in [-0.25, -0.2) is 0 Å². The quantitative estimate of drug-likeness (QED) is 0.0435. The summed E-state index contributed by atoms with van der Waals surface area (Å²) >= 11 is 0. The normalized spacial score (nSPS) is 10.9. The summed E-state index contributed by atoms with van der Waals surface area (Å²) in [5.41, 5.74) is 0. The van der Waals surface area contributed by atoms with Crippen LogP contribution in [0, 0.1) is 0 Å². The maximum atomic E-state index is 2.32. The van der Waals surface area contributed by atoms with Crippen LogP contribution >= 0.6 is 31.7 Å². The molecule has 0 unspecified atom stereocenters. The molecular formula is C48H112NiP4+4. The van der Waals surface area contributed by atoms with Crippen LogP contribution < -0.4 is 0 Å². The summed E-state index contributed by atoms with van der Waals surface area (Å²) in [4.78, 5) is 0. The molecule has 0 aliphatic rings. The molecule has 53 heavy (non-hydrogen) atoms. The summed E-state index contributed by atoms with van der Waals surface area (Å²) in [5.74, 6) is 0. The van der Waals surface area contributed by atoms with Gasteiger partial charge in [0.15, 0.2) is 0 Å². The van der Waals surface area contributed by atoms with E-state index >= 15 is 0 Å². The molecule has 0 saturated carbocycles. The van der Waals surface area contributed by atoms with Crippen LogP contribution in [-0.4, -0.2) is 73.9 Å². The molecule has 0 spiro atoms. The smallest absolute Gasteiger partial charge is 0.0571 e. The van der Waals surface area contributed by atoms with E-state index in [1.807, 2.05) is 0 Å². The summed E-state index contributed by atoms with van der Waals surface area (Å²) in [6.07, 6.45) is 53.6. The van der Waals surface area contributed by atoms with Crippen molar-refractivity contribution in [2.45, 2.75) is 237 Å². The fraction of sp³-hybridized carbons (Fsp3) is 1.00.